The highest BCUT2D eigenvalue weighted by atomic mass is 19.3. The van der Waals surface area contributed by atoms with Gasteiger partial charge < -0.3 is 24.2 Å². The van der Waals surface area contributed by atoms with Crippen LogP contribution >= 0.6 is 0 Å². The van der Waals surface area contributed by atoms with Crippen molar-refractivity contribution in [3.8, 4) is 17.4 Å². The third-order valence-electron chi connectivity index (χ3n) is 9.36. The van der Waals surface area contributed by atoms with Gasteiger partial charge >= 0.3 is 0 Å². The molecule has 4 heterocycles. The Morgan fingerprint density at radius 1 is 1.12 bits per heavy atom. The molecule has 1 saturated heterocycles. The van der Waals surface area contributed by atoms with Crippen molar-refractivity contribution < 1.29 is 27.4 Å². The molecule has 2 aliphatic heterocycles. The summed E-state index contributed by atoms with van der Waals surface area (Å²) in [4.78, 5) is 30.0. The van der Waals surface area contributed by atoms with Crippen LogP contribution in [0.5, 0.6) is 17.4 Å². The maximum Gasteiger partial charge on any atom is 0.282 e. The van der Waals surface area contributed by atoms with E-state index in [1.807, 2.05) is 17.2 Å². The summed E-state index contributed by atoms with van der Waals surface area (Å²) in [5.74, 6) is -0.0706. The van der Waals surface area contributed by atoms with Crippen molar-refractivity contribution in [2.24, 2.45) is 5.41 Å². The van der Waals surface area contributed by atoms with Crippen LogP contribution in [0, 0.1) is 11.2 Å². The molecule has 1 saturated carbocycles. The number of hydrogen-bond donors (Lipinski definition) is 0. The van der Waals surface area contributed by atoms with Crippen molar-refractivity contribution >= 4 is 11.7 Å². The van der Waals surface area contributed by atoms with E-state index in [-0.39, 0.29) is 28.7 Å². The highest BCUT2D eigenvalue weighted by Gasteiger charge is 2.54. The summed E-state index contributed by atoms with van der Waals surface area (Å²) in [6.07, 6.45) is 4.36. The third-order valence-corrected chi connectivity index (χ3v) is 9.36. The first-order valence-corrected chi connectivity index (χ1v) is 16.5. The highest BCUT2D eigenvalue weighted by molar-refractivity contribution is 5.97. The summed E-state index contributed by atoms with van der Waals surface area (Å²) in [5, 5.41) is 7.97. The zero-order valence-corrected chi connectivity index (χ0v) is 27.9. The second-order valence-electron chi connectivity index (χ2n) is 13.7. The van der Waals surface area contributed by atoms with Gasteiger partial charge in [-0.05, 0) is 84.6 Å². The molecule has 2 fully saturated rings. The van der Waals surface area contributed by atoms with Crippen LogP contribution in [0.25, 0.3) is 0 Å². The first kappa shape index (κ1) is 33.8. The number of pyridine rings is 1. The monoisotopic (exact) mass is 668 g/mol. The zero-order valence-electron chi connectivity index (χ0n) is 27.9. The highest BCUT2D eigenvalue weighted by Crippen LogP contribution is 2.52. The number of ether oxygens (including phenoxy) is 2. The Bertz CT molecular complexity index is 1600. The Morgan fingerprint density at radius 3 is 2.65 bits per heavy atom. The minimum absolute atomic E-state index is 0.0193. The molecule has 258 valence electrons. The molecule has 0 N–H and O–H groups in total. The van der Waals surface area contributed by atoms with Crippen LogP contribution in [0.15, 0.2) is 36.8 Å². The molecule has 3 aliphatic rings. The Morgan fingerprint density at radius 2 is 1.92 bits per heavy atom. The zero-order chi connectivity index (χ0) is 34.0. The van der Waals surface area contributed by atoms with Gasteiger partial charge in [-0.1, -0.05) is 0 Å². The minimum Gasteiger partial charge on any atom is -0.490 e. The fraction of sp³-hybridized carbons (Fsp3) is 0.559. The lowest BCUT2D eigenvalue weighted by Crippen LogP contribution is -2.65. The van der Waals surface area contributed by atoms with Crippen LogP contribution in [-0.2, 0) is 13.0 Å². The van der Waals surface area contributed by atoms with Crippen LogP contribution in [-0.4, -0.2) is 113 Å². The number of halogens is 3. The lowest BCUT2D eigenvalue weighted by atomic mass is 9.61. The van der Waals surface area contributed by atoms with Gasteiger partial charge in [-0.2, -0.15) is 0 Å². The quantitative estimate of drug-likeness (QED) is 0.256. The van der Waals surface area contributed by atoms with E-state index in [4.69, 9.17) is 9.47 Å². The summed E-state index contributed by atoms with van der Waals surface area (Å²) >= 11 is 0. The number of carbonyl (C=O) groups is 1. The first-order chi connectivity index (χ1) is 23.0. The summed E-state index contributed by atoms with van der Waals surface area (Å²) < 4.78 is 53.4. The average Bonchev–Trinajstić information content (AvgIpc) is 3.01. The fourth-order valence-electron chi connectivity index (χ4n) is 6.96. The summed E-state index contributed by atoms with van der Waals surface area (Å²) in [6.45, 7) is 7.84. The van der Waals surface area contributed by atoms with Crippen molar-refractivity contribution in [2.45, 2.75) is 64.6 Å². The molecule has 0 unspecified atom stereocenters. The Balaban J connectivity index is 1.08. The standard InChI is InChI=1S/C34H43F3N8O3/c1-22(2)45(18-30(36)37)33(46)25-14-23(35)6-7-28(25)48-32-31(39-21-40-41-32)44-19-34(20-44)15-24(16-34)47-29-8-10-38-27-9-13-43(17-26(27)29)12-5-11-42(3)4/h6-8,10,14,21-22,24,30H,5,9,11-13,15-20H2,1-4H3. The van der Waals surface area contributed by atoms with Crippen LogP contribution in [0.3, 0.4) is 0 Å². The lowest BCUT2D eigenvalue weighted by Gasteiger charge is -2.58. The van der Waals surface area contributed by atoms with Crippen molar-refractivity contribution in [3.05, 3.63) is 59.4 Å². The summed E-state index contributed by atoms with van der Waals surface area (Å²) in [7, 11) is 4.20. The number of alkyl halides is 2. The van der Waals surface area contributed by atoms with E-state index in [0.29, 0.717) is 18.9 Å². The van der Waals surface area contributed by atoms with Gasteiger partial charge in [-0.25, -0.2) is 18.2 Å². The van der Waals surface area contributed by atoms with E-state index >= 15 is 0 Å². The van der Waals surface area contributed by atoms with Gasteiger partial charge in [0.25, 0.3) is 18.2 Å². The van der Waals surface area contributed by atoms with Gasteiger partial charge in [0.2, 0.25) is 0 Å². The SMILES string of the molecule is CC(C)N(CC(F)F)C(=O)c1cc(F)ccc1Oc1nncnc1N1CC2(CC(Oc3ccnc4c3CN(CCCN(C)C)CC4)C2)C1. The maximum absolute atomic E-state index is 14.3. The molecule has 6 rings (SSSR count). The lowest BCUT2D eigenvalue weighted by molar-refractivity contribution is -0.0353. The maximum atomic E-state index is 14.3. The molecular formula is C34H43F3N8O3. The number of rotatable bonds is 13. The van der Waals surface area contributed by atoms with E-state index in [9.17, 15) is 18.0 Å². The number of fused-ring (bicyclic) bond motifs is 1. The number of anilines is 1. The third kappa shape index (κ3) is 7.49. The predicted octanol–water partition coefficient (Wildman–Crippen LogP) is 4.67. The van der Waals surface area contributed by atoms with Crippen LogP contribution in [0.1, 0.15) is 54.7 Å². The number of carbonyl (C=O) groups excluding carboxylic acids is 1. The minimum atomic E-state index is -2.75. The van der Waals surface area contributed by atoms with Gasteiger partial charge in [-0.15, -0.1) is 10.2 Å². The fourth-order valence-corrected chi connectivity index (χ4v) is 6.96. The van der Waals surface area contributed by atoms with Gasteiger partial charge in [0.05, 0.1) is 12.1 Å². The Hall–Kier alpha value is -4.04. The normalized spacial score (nSPS) is 17.4. The molecule has 3 aromatic rings. The molecule has 11 nitrogen and oxygen atoms in total. The first-order valence-electron chi connectivity index (χ1n) is 16.5. The van der Waals surface area contributed by atoms with Gasteiger partial charge in [0, 0.05) is 61.5 Å². The van der Waals surface area contributed by atoms with E-state index in [2.05, 4.69) is 44.1 Å². The number of hydrogen-bond acceptors (Lipinski definition) is 10. The van der Waals surface area contributed by atoms with Gasteiger partial charge in [0.1, 0.15) is 29.7 Å². The van der Waals surface area contributed by atoms with Crippen LogP contribution < -0.4 is 14.4 Å². The van der Waals surface area contributed by atoms with Crippen molar-refractivity contribution in [1.82, 2.24) is 34.9 Å². The summed E-state index contributed by atoms with van der Waals surface area (Å²) in [6, 6.07) is 4.85. The Labute approximate surface area is 279 Å². The molecule has 1 aliphatic carbocycles. The molecule has 0 bridgehead atoms. The van der Waals surface area contributed by atoms with Crippen LogP contribution in [0.4, 0.5) is 19.0 Å². The molecule has 0 radical (unpaired) electrons. The van der Waals surface area contributed by atoms with Gasteiger partial charge in [0.15, 0.2) is 5.82 Å². The molecule has 48 heavy (non-hydrogen) atoms. The topological polar surface area (TPSA) is 100 Å². The number of aromatic nitrogens is 4. The number of amides is 1. The van der Waals surface area contributed by atoms with Crippen molar-refractivity contribution in [2.75, 3.05) is 58.3 Å². The second kappa shape index (κ2) is 14.2. The molecule has 14 heteroatoms. The molecule has 1 aromatic carbocycles. The van der Waals surface area contributed by atoms with Crippen molar-refractivity contribution in [1.29, 1.82) is 0 Å². The van der Waals surface area contributed by atoms with Gasteiger partial charge in [-0.3, -0.25) is 14.7 Å². The van der Waals surface area contributed by atoms with Crippen LogP contribution in [0.2, 0.25) is 0 Å². The molecule has 1 amide bonds. The smallest absolute Gasteiger partial charge is 0.282 e. The van der Waals surface area contributed by atoms with E-state index in [1.54, 1.807) is 13.8 Å². The predicted molar refractivity (Wildman–Crippen MR) is 173 cm³/mol. The van der Waals surface area contributed by atoms with E-state index in [0.717, 1.165) is 80.3 Å². The number of benzene rings is 1. The molecule has 2 aromatic heterocycles. The Kier molecular flexibility index (Phi) is 10.0. The van der Waals surface area contributed by atoms with E-state index in [1.165, 1.54) is 18.0 Å². The second-order valence-corrected chi connectivity index (χ2v) is 13.7. The largest absolute Gasteiger partial charge is 0.490 e. The van der Waals surface area contributed by atoms with Crippen molar-refractivity contribution in [3.63, 3.8) is 0 Å². The molecule has 0 atom stereocenters. The number of nitrogens with zero attached hydrogens (tertiary/aromatic N) is 8. The molecule has 1 spiro atoms. The van der Waals surface area contributed by atoms with E-state index < -0.39 is 30.7 Å². The summed E-state index contributed by atoms with van der Waals surface area (Å²) in [5.41, 5.74) is 2.21. The molecular weight excluding hydrogens is 625 g/mol. The average molecular weight is 669 g/mol.